The van der Waals surface area contributed by atoms with Gasteiger partial charge in [-0.15, -0.1) is 0 Å². The standard InChI is InChI=1S/C39H36ClFN10O5/c1-22-2-4-25(18-27(22)37(56)51(21-52)29-6-7-31(53)46-36(29)55)49-19-39(20-49)9-13-48(14-10-39)38-47-32(33-34(42)44-12-15-50(33)38)26-5-3-23(16-28(26)41)35(54)45-30-17-24(40)8-11-43-30/h2-5,8,11-12,15-18,21,29H,6-7,9-10,13-14,19-20H2,1H3,(H2,42,44)(H,43,45,54)(H,46,53,55). The van der Waals surface area contributed by atoms with Crippen LogP contribution in [0.5, 0.6) is 0 Å². The summed E-state index contributed by atoms with van der Waals surface area (Å²) in [6.45, 7) is 4.63. The van der Waals surface area contributed by atoms with Gasteiger partial charge < -0.3 is 20.9 Å². The summed E-state index contributed by atoms with van der Waals surface area (Å²) in [4.78, 5) is 81.0. The van der Waals surface area contributed by atoms with E-state index in [-0.39, 0.29) is 41.0 Å². The number of carbonyl (C=O) groups is 5. The molecule has 8 rings (SSSR count). The number of benzene rings is 2. The second-order valence-corrected chi connectivity index (χ2v) is 14.9. The smallest absolute Gasteiger partial charge is 0.261 e. The molecule has 3 aromatic heterocycles. The van der Waals surface area contributed by atoms with Crippen molar-refractivity contribution in [3.8, 4) is 11.3 Å². The Hall–Kier alpha value is -6.42. The Labute approximate surface area is 324 Å². The molecule has 5 amide bonds. The number of nitrogen functional groups attached to an aromatic ring is 1. The molecule has 1 atom stereocenters. The molecular formula is C39H36ClFN10O5. The molecule has 3 fully saturated rings. The predicted octanol–water partition coefficient (Wildman–Crippen LogP) is 4.24. The van der Waals surface area contributed by atoms with Crippen LogP contribution in [0, 0.1) is 18.2 Å². The first-order chi connectivity index (χ1) is 26.9. The molecule has 3 saturated heterocycles. The van der Waals surface area contributed by atoms with Crippen molar-refractivity contribution < 1.29 is 28.4 Å². The summed E-state index contributed by atoms with van der Waals surface area (Å²) in [6.07, 6.45) is 6.94. The molecule has 2 aromatic carbocycles. The number of aryl methyl sites for hydroxylation is 1. The van der Waals surface area contributed by atoms with Gasteiger partial charge in [-0.2, -0.15) is 0 Å². The SMILES string of the molecule is Cc1ccc(N2CC3(CCN(c4nc(-c5ccc(C(=O)Nc6cc(Cl)ccn6)cc5F)c5c(N)nccn45)CC3)C2)cc1C(=O)N(C=O)C1CCC(=O)NC1=O. The number of pyridine rings is 1. The van der Waals surface area contributed by atoms with E-state index in [0.717, 1.165) is 42.6 Å². The van der Waals surface area contributed by atoms with Crippen LogP contribution >= 0.6 is 11.6 Å². The average Bonchev–Trinajstić information content (AvgIpc) is 3.55. The van der Waals surface area contributed by atoms with Crippen molar-refractivity contribution in [1.29, 1.82) is 0 Å². The van der Waals surface area contributed by atoms with Crippen LogP contribution in [0.15, 0.2) is 67.1 Å². The quantitative estimate of drug-likeness (QED) is 0.151. The van der Waals surface area contributed by atoms with Gasteiger partial charge in [0, 0.05) is 84.0 Å². The van der Waals surface area contributed by atoms with E-state index in [2.05, 4.69) is 30.4 Å². The number of hydrogen-bond acceptors (Lipinski definition) is 11. The Kier molecular flexibility index (Phi) is 9.36. The van der Waals surface area contributed by atoms with Gasteiger partial charge in [0.2, 0.25) is 24.2 Å². The predicted molar refractivity (Wildman–Crippen MR) is 206 cm³/mol. The number of nitrogens with zero attached hydrogens (tertiary/aromatic N) is 7. The number of rotatable bonds is 8. The largest absolute Gasteiger partial charge is 0.382 e. The summed E-state index contributed by atoms with van der Waals surface area (Å²) in [5.74, 6) is -1.88. The minimum atomic E-state index is -1.05. The van der Waals surface area contributed by atoms with Gasteiger partial charge in [0.15, 0.2) is 0 Å². The number of amides is 5. The maximum absolute atomic E-state index is 15.8. The number of hydrogen-bond donors (Lipinski definition) is 3. The first kappa shape index (κ1) is 36.6. The van der Waals surface area contributed by atoms with E-state index in [4.69, 9.17) is 22.3 Å². The first-order valence-corrected chi connectivity index (χ1v) is 18.4. The van der Waals surface area contributed by atoms with Crippen molar-refractivity contribution in [2.45, 2.75) is 38.6 Å². The highest BCUT2D eigenvalue weighted by atomic mass is 35.5. The number of aromatic nitrogens is 4. The molecule has 1 spiro atoms. The van der Waals surface area contributed by atoms with Gasteiger partial charge in [-0.1, -0.05) is 17.7 Å². The van der Waals surface area contributed by atoms with Gasteiger partial charge in [0.05, 0.1) is 0 Å². The summed E-state index contributed by atoms with van der Waals surface area (Å²) in [7, 11) is 0. The molecule has 4 N–H and O–H groups in total. The third kappa shape index (κ3) is 6.65. The average molecular weight is 779 g/mol. The number of carbonyl (C=O) groups excluding carboxylic acids is 5. The molecule has 0 bridgehead atoms. The number of piperidine rings is 2. The summed E-state index contributed by atoms with van der Waals surface area (Å²) in [6, 6.07) is 11.7. The molecule has 5 aromatic rings. The monoisotopic (exact) mass is 778 g/mol. The Bertz CT molecular complexity index is 2440. The Balaban J connectivity index is 0.963. The van der Waals surface area contributed by atoms with E-state index < -0.39 is 35.5 Å². The normalized spacial score (nSPS) is 17.7. The number of halogens is 2. The van der Waals surface area contributed by atoms with Crippen LogP contribution in [0.1, 0.15) is 52.0 Å². The fraction of sp³-hybridized carbons (Fsp3) is 0.282. The lowest BCUT2D eigenvalue weighted by Crippen LogP contribution is -2.60. The van der Waals surface area contributed by atoms with Crippen molar-refractivity contribution in [1.82, 2.24) is 29.6 Å². The molecule has 0 radical (unpaired) electrons. The highest BCUT2D eigenvalue weighted by Gasteiger charge is 2.46. The zero-order chi connectivity index (χ0) is 39.3. The van der Waals surface area contributed by atoms with E-state index in [1.165, 1.54) is 24.4 Å². The van der Waals surface area contributed by atoms with Crippen LogP contribution in [-0.2, 0) is 14.4 Å². The molecule has 6 heterocycles. The van der Waals surface area contributed by atoms with Gasteiger partial charge in [-0.25, -0.2) is 19.3 Å². The zero-order valence-electron chi connectivity index (χ0n) is 30.2. The Morgan fingerprint density at radius 1 is 1.05 bits per heavy atom. The lowest BCUT2D eigenvalue weighted by Gasteiger charge is -2.55. The summed E-state index contributed by atoms with van der Waals surface area (Å²) in [5.41, 5.74) is 9.18. The van der Waals surface area contributed by atoms with Gasteiger partial charge in [-0.05, 0) is 74.2 Å². The lowest BCUT2D eigenvalue weighted by molar-refractivity contribution is -0.139. The number of anilines is 4. The Morgan fingerprint density at radius 3 is 2.55 bits per heavy atom. The van der Waals surface area contributed by atoms with Gasteiger partial charge >= 0.3 is 0 Å². The summed E-state index contributed by atoms with van der Waals surface area (Å²) in [5, 5.41) is 5.22. The van der Waals surface area contributed by atoms with Crippen LogP contribution < -0.4 is 26.2 Å². The molecule has 56 heavy (non-hydrogen) atoms. The number of fused-ring (bicyclic) bond motifs is 1. The number of nitrogens with one attached hydrogen (secondary N) is 2. The number of imide groups is 2. The highest BCUT2D eigenvalue weighted by molar-refractivity contribution is 6.30. The first-order valence-electron chi connectivity index (χ1n) is 18.0. The third-order valence-electron chi connectivity index (χ3n) is 10.9. The van der Waals surface area contributed by atoms with Crippen molar-refractivity contribution in [3.63, 3.8) is 0 Å². The van der Waals surface area contributed by atoms with Crippen LogP contribution in [0.25, 0.3) is 16.8 Å². The molecule has 0 aliphatic carbocycles. The highest BCUT2D eigenvalue weighted by Crippen LogP contribution is 2.44. The zero-order valence-corrected chi connectivity index (χ0v) is 30.9. The maximum Gasteiger partial charge on any atom is 0.261 e. The van der Waals surface area contributed by atoms with E-state index >= 15 is 4.39 Å². The molecule has 17 heteroatoms. The summed E-state index contributed by atoms with van der Waals surface area (Å²) < 4.78 is 17.6. The minimum absolute atomic E-state index is 0.0205. The number of nitrogens with two attached hydrogens (primary N) is 1. The molecule has 0 saturated carbocycles. The molecule has 3 aliphatic rings. The lowest BCUT2D eigenvalue weighted by atomic mass is 9.71. The Morgan fingerprint density at radius 2 is 1.84 bits per heavy atom. The van der Waals surface area contributed by atoms with Crippen LogP contribution in [0.2, 0.25) is 5.02 Å². The second kappa shape index (κ2) is 14.3. The van der Waals surface area contributed by atoms with Gasteiger partial charge in [-0.3, -0.25) is 38.6 Å². The van der Waals surface area contributed by atoms with Crippen LogP contribution in [0.3, 0.4) is 0 Å². The fourth-order valence-corrected chi connectivity index (χ4v) is 7.96. The van der Waals surface area contributed by atoms with Gasteiger partial charge in [0.1, 0.15) is 34.7 Å². The fourth-order valence-electron chi connectivity index (χ4n) is 7.80. The van der Waals surface area contributed by atoms with E-state index in [1.807, 2.05) is 16.5 Å². The second-order valence-electron chi connectivity index (χ2n) is 14.4. The van der Waals surface area contributed by atoms with Crippen molar-refractivity contribution in [2.75, 3.05) is 47.0 Å². The maximum atomic E-state index is 15.8. The molecule has 15 nitrogen and oxygen atoms in total. The van der Waals surface area contributed by atoms with Crippen LogP contribution in [0.4, 0.5) is 27.7 Å². The van der Waals surface area contributed by atoms with Crippen molar-refractivity contribution in [2.24, 2.45) is 5.41 Å². The number of imidazole rings is 1. The van der Waals surface area contributed by atoms with Crippen LogP contribution in [-0.4, -0.2) is 86.5 Å². The molecule has 286 valence electrons. The molecule has 3 aliphatic heterocycles. The van der Waals surface area contributed by atoms with E-state index in [9.17, 15) is 24.0 Å². The summed E-state index contributed by atoms with van der Waals surface area (Å²) >= 11 is 6.00. The van der Waals surface area contributed by atoms with Crippen molar-refractivity contribution in [3.05, 3.63) is 94.7 Å². The molecule has 1 unspecified atom stereocenters. The minimum Gasteiger partial charge on any atom is -0.382 e. The topological polar surface area (TPSA) is 188 Å². The van der Waals surface area contributed by atoms with E-state index in [0.29, 0.717) is 52.8 Å². The van der Waals surface area contributed by atoms with E-state index in [1.54, 1.807) is 31.5 Å². The van der Waals surface area contributed by atoms with Gasteiger partial charge in [0.25, 0.3) is 11.8 Å². The van der Waals surface area contributed by atoms with Crippen molar-refractivity contribution >= 4 is 70.4 Å². The third-order valence-corrected chi connectivity index (χ3v) is 11.1. The molecular weight excluding hydrogens is 743 g/mol.